The third-order valence-corrected chi connectivity index (χ3v) is 42.7. The topological polar surface area (TPSA) is 44.8 Å². The van der Waals surface area contributed by atoms with Crippen LogP contribution >= 0.6 is 77.2 Å². The smallest absolute Gasteiger partial charge is 0.465 e. The highest BCUT2D eigenvalue weighted by atomic mass is 35.5. The van der Waals surface area contributed by atoms with E-state index in [1.165, 1.54) is 13.2 Å². The maximum absolute atomic E-state index is 14.0. The summed E-state index contributed by atoms with van der Waals surface area (Å²) in [5.74, 6) is -1.51. The zero-order valence-corrected chi connectivity index (χ0v) is 26.1. The Labute approximate surface area is 193 Å². The van der Waals surface area contributed by atoms with E-state index in [2.05, 4.69) is 49.4 Å². The molecule has 0 N–H and O–H groups in total. The largest absolute Gasteiger partial charge is 0.496 e. The number of hydrogen-bond acceptors (Lipinski definition) is 4. The minimum atomic E-state index is -0.788. The molecule has 15 heteroatoms. The molecule has 1 aliphatic rings. The highest BCUT2D eigenvalue weighted by Crippen LogP contribution is 3.00. The van der Waals surface area contributed by atoms with Crippen LogP contribution in [-0.2, 0) is 14.0 Å². The van der Waals surface area contributed by atoms with Crippen molar-refractivity contribution in [2.75, 3.05) is 7.11 Å². The highest BCUT2D eigenvalue weighted by Gasteiger charge is 2.52. The lowest BCUT2D eigenvalue weighted by atomic mass is 9.78. The molecule has 29 heavy (non-hydrogen) atoms. The maximum Gasteiger partial charge on any atom is 0.496 e. The second kappa shape index (κ2) is 12.2. The van der Waals surface area contributed by atoms with Crippen LogP contribution in [0.15, 0.2) is 12.1 Å². The average molecular weight is 572 g/mol. The van der Waals surface area contributed by atoms with E-state index in [-0.39, 0.29) is 31.5 Å². The van der Waals surface area contributed by atoms with Gasteiger partial charge in [0.15, 0.2) is 0 Å². The summed E-state index contributed by atoms with van der Waals surface area (Å²) in [7, 11) is 14.8. The van der Waals surface area contributed by atoms with E-state index < -0.39 is 30.1 Å². The molecule has 1 heterocycles. The summed E-state index contributed by atoms with van der Waals surface area (Å²) in [6, 6.07) is 2.37. The van der Waals surface area contributed by atoms with Gasteiger partial charge in [-0.2, -0.15) is 0 Å². The van der Waals surface area contributed by atoms with Crippen LogP contribution in [0, 0.1) is 5.82 Å². The number of halogens is 2. The number of hydrogen-bond donors (Lipinski definition) is 0. The molecule has 5 unspecified atom stereocenters. The van der Waals surface area contributed by atoms with Crippen LogP contribution in [-0.4, -0.2) is 31.4 Å². The predicted molar refractivity (Wildman–Crippen MR) is 148 cm³/mol. The first-order valence-electron chi connectivity index (χ1n) is 8.21. The predicted octanol–water partition coefficient (Wildman–Crippen LogP) is 6.78. The first kappa shape index (κ1) is 29.4. The van der Waals surface area contributed by atoms with E-state index in [0.717, 1.165) is 6.07 Å². The Balaban J connectivity index is 0.000000447. The minimum absolute atomic E-state index is 0.147. The summed E-state index contributed by atoms with van der Waals surface area (Å²) in [4.78, 5) is 11.4. The second-order valence-electron chi connectivity index (χ2n) is 7.01. The van der Waals surface area contributed by atoms with Crippen LogP contribution in [0.4, 0.5) is 4.39 Å². The Bertz CT molecular complexity index is 716. The molecule has 0 amide bonds. The number of rotatable bonds is 4. The van der Waals surface area contributed by atoms with Crippen LogP contribution in [0.3, 0.4) is 0 Å². The van der Waals surface area contributed by atoms with E-state index in [0.29, 0.717) is 5.46 Å². The standard InChI is InChI=1S/C14H17BClFO4.H10P8/c1-13(2)14(3,4)21-15(20-13)9-7-11(17)8(6-10(9)16)12(18)19-5;1-6(2)8(5)7(3)4/h6-7H,1-5H3;1-5H2. The minimum Gasteiger partial charge on any atom is -0.465 e. The van der Waals surface area contributed by atoms with Crippen molar-refractivity contribution in [3.8, 4) is 0 Å². The highest BCUT2D eigenvalue weighted by molar-refractivity contribution is 9.06. The molecule has 0 aromatic heterocycles. The van der Waals surface area contributed by atoms with Gasteiger partial charge < -0.3 is 14.0 Å². The van der Waals surface area contributed by atoms with E-state index in [1.807, 2.05) is 27.7 Å². The van der Waals surface area contributed by atoms with Gasteiger partial charge in [0.25, 0.3) is 0 Å². The molecule has 1 aromatic carbocycles. The van der Waals surface area contributed by atoms with Gasteiger partial charge in [0, 0.05) is 10.5 Å². The quantitative estimate of drug-likeness (QED) is 0.227. The van der Waals surface area contributed by atoms with Crippen molar-refractivity contribution in [3.05, 3.63) is 28.5 Å². The lowest BCUT2D eigenvalue weighted by Gasteiger charge is -2.32. The average Bonchev–Trinajstić information content (AvgIpc) is 2.82. The Morgan fingerprint density at radius 3 is 1.86 bits per heavy atom. The number of carbonyl (C=O) groups excluding carboxylic acids is 1. The van der Waals surface area contributed by atoms with Crippen molar-refractivity contribution >= 4 is 95.8 Å². The van der Waals surface area contributed by atoms with Crippen molar-refractivity contribution in [3.63, 3.8) is 0 Å². The van der Waals surface area contributed by atoms with E-state index >= 15 is 0 Å². The Morgan fingerprint density at radius 1 is 1.07 bits per heavy atom. The molecule has 1 fully saturated rings. The van der Waals surface area contributed by atoms with Gasteiger partial charge >= 0.3 is 13.1 Å². The zero-order valence-electron chi connectivity index (χ0n) is 16.8. The van der Waals surface area contributed by atoms with Crippen molar-refractivity contribution in [1.82, 2.24) is 0 Å². The number of carbonyl (C=O) groups is 1. The van der Waals surface area contributed by atoms with Crippen LogP contribution < -0.4 is 5.46 Å². The maximum atomic E-state index is 14.0. The lowest BCUT2D eigenvalue weighted by molar-refractivity contribution is 0.00578. The van der Waals surface area contributed by atoms with Crippen molar-refractivity contribution in [1.29, 1.82) is 0 Å². The van der Waals surface area contributed by atoms with Crippen LogP contribution in [0.1, 0.15) is 38.1 Å². The molecular weight excluding hydrogens is 545 g/mol. The summed E-state index contributed by atoms with van der Waals surface area (Å²) in [5, 5.41) is 0.190. The van der Waals surface area contributed by atoms with Gasteiger partial charge in [-0.1, -0.05) is 11.6 Å². The van der Waals surface area contributed by atoms with E-state index in [4.69, 9.17) is 20.9 Å². The van der Waals surface area contributed by atoms with Gasteiger partial charge in [-0.3, -0.25) is 0 Å². The molecule has 1 saturated heterocycles. The van der Waals surface area contributed by atoms with Gasteiger partial charge in [0.2, 0.25) is 0 Å². The lowest BCUT2D eigenvalue weighted by Crippen LogP contribution is -2.41. The van der Waals surface area contributed by atoms with Crippen LogP contribution in [0.25, 0.3) is 0 Å². The molecule has 1 aliphatic heterocycles. The number of benzene rings is 1. The molecule has 5 atom stereocenters. The fourth-order valence-corrected chi connectivity index (χ4v) is 31.2. The van der Waals surface area contributed by atoms with Gasteiger partial charge in [-0.25, -0.2) is 9.18 Å². The first-order valence-corrected chi connectivity index (χ1v) is 22.1. The summed E-state index contributed by atoms with van der Waals surface area (Å²) < 4.78 is 30.2. The van der Waals surface area contributed by atoms with Gasteiger partial charge in [-0.05, 0) is 60.8 Å². The third-order valence-electron chi connectivity index (χ3n) is 4.47. The molecule has 0 bridgehead atoms. The molecule has 0 saturated carbocycles. The zero-order chi connectivity index (χ0) is 22.7. The monoisotopic (exact) mass is 572 g/mol. The van der Waals surface area contributed by atoms with Crippen molar-refractivity contribution < 1.29 is 23.2 Å². The number of esters is 1. The van der Waals surface area contributed by atoms with Crippen LogP contribution in [0.2, 0.25) is 5.02 Å². The molecule has 0 spiro atoms. The molecule has 1 aromatic rings. The Kier molecular flexibility index (Phi) is 12.3. The Hall–Kier alpha value is 2.33. The molecule has 0 radical (unpaired) electrons. The second-order valence-corrected chi connectivity index (χ2v) is 35.5. The SMILES string of the molecule is COC(=O)c1cc(Cl)c(B2OC(C)(C)C(C)(C)O2)cc1F.PP(P)P(P)P(P)P. The Morgan fingerprint density at radius 2 is 1.52 bits per heavy atom. The fourth-order valence-electron chi connectivity index (χ4n) is 2.10. The van der Waals surface area contributed by atoms with Crippen molar-refractivity contribution in [2.24, 2.45) is 0 Å². The number of ether oxygens (including phenoxy) is 1. The molecule has 164 valence electrons. The third kappa shape index (κ3) is 7.95. The van der Waals surface area contributed by atoms with Gasteiger partial charge in [-0.15, -0.1) is 44.6 Å². The summed E-state index contributed by atoms with van der Waals surface area (Å²) in [5.41, 5.74) is -0.986. The molecule has 2 rings (SSSR count). The molecule has 4 nitrogen and oxygen atoms in total. The van der Waals surface area contributed by atoms with Crippen molar-refractivity contribution in [2.45, 2.75) is 38.9 Å². The number of methoxy groups -OCH3 is 1. The normalized spacial score (nSPS) is 17.6. The molecular formula is C14H27BClFO4P8. The summed E-state index contributed by atoms with van der Waals surface area (Å²) >= 11 is 6.13. The van der Waals surface area contributed by atoms with Crippen LogP contribution in [0.5, 0.6) is 0 Å². The molecule has 0 aliphatic carbocycles. The fraction of sp³-hybridized carbons (Fsp3) is 0.500. The van der Waals surface area contributed by atoms with Gasteiger partial charge in [0.05, 0.1) is 23.9 Å². The van der Waals surface area contributed by atoms with Gasteiger partial charge in [0.1, 0.15) is 5.82 Å². The van der Waals surface area contributed by atoms with E-state index in [1.54, 1.807) is 0 Å². The summed E-state index contributed by atoms with van der Waals surface area (Å²) in [6.45, 7) is 8.05. The summed E-state index contributed by atoms with van der Waals surface area (Å²) in [6.07, 6.45) is 0. The first-order chi connectivity index (χ1) is 13.1. The van der Waals surface area contributed by atoms with E-state index in [9.17, 15) is 9.18 Å².